The van der Waals surface area contributed by atoms with Crippen LogP contribution in [0, 0.1) is 0 Å². The number of halogens is 3. The molecule has 0 radical (unpaired) electrons. The second-order valence-electron chi connectivity index (χ2n) is 7.56. The van der Waals surface area contributed by atoms with Gasteiger partial charge in [0.1, 0.15) is 0 Å². The topological polar surface area (TPSA) is 72.9 Å². The molecule has 4 rings (SSSR count). The molecule has 0 spiro atoms. The van der Waals surface area contributed by atoms with Crippen molar-refractivity contribution in [3.63, 3.8) is 0 Å². The second kappa shape index (κ2) is 11.4. The summed E-state index contributed by atoms with van der Waals surface area (Å²) in [6.45, 7) is 2.15. The van der Waals surface area contributed by atoms with Crippen LogP contribution in [-0.2, 0) is 11.3 Å². The lowest BCUT2D eigenvalue weighted by molar-refractivity contribution is -0.123. The maximum atomic E-state index is 12.9. The molecule has 184 valence electrons. The Bertz CT molecular complexity index is 1370. The SMILES string of the molecule is CCOc1cc(/C=C2\SC(=O)N(Cc3cccc(Cl)c3)C2=O)cc(Cl)c1OC(=O)c1ccc(Cl)cc1. The van der Waals surface area contributed by atoms with Gasteiger partial charge >= 0.3 is 5.97 Å². The van der Waals surface area contributed by atoms with E-state index in [9.17, 15) is 14.4 Å². The van der Waals surface area contributed by atoms with Gasteiger partial charge in [-0.1, -0.05) is 46.9 Å². The van der Waals surface area contributed by atoms with Crippen LogP contribution in [0.4, 0.5) is 4.79 Å². The Morgan fingerprint density at radius 3 is 2.44 bits per heavy atom. The average molecular weight is 563 g/mol. The zero-order valence-corrected chi connectivity index (χ0v) is 21.9. The largest absolute Gasteiger partial charge is 0.490 e. The van der Waals surface area contributed by atoms with E-state index in [1.54, 1.807) is 55.5 Å². The number of amides is 2. The lowest BCUT2D eigenvalue weighted by atomic mass is 10.1. The Labute approximate surface area is 226 Å². The van der Waals surface area contributed by atoms with Crippen molar-refractivity contribution in [2.24, 2.45) is 0 Å². The summed E-state index contributed by atoms with van der Waals surface area (Å²) < 4.78 is 11.2. The smallest absolute Gasteiger partial charge is 0.343 e. The molecule has 0 atom stereocenters. The Kier molecular flexibility index (Phi) is 8.26. The highest BCUT2D eigenvalue weighted by Gasteiger charge is 2.35. The molecule has 0 N–H and O–H groups in total. The predicted molar refractivity (Wildman–Crippen MR) is 142 cm³/mol. The maximum Gasteiger partial charge on any atom is 0.343 e. The van der Waals surface area contributed by atoms with E-state index in [1.165, 1.54) is 18.2 Å². The molecule has 1 fully saturated rings. The van der Waals surface area contributed by atoms with Crippen LogP contribution >= 0.6 is 46.6 Å². The van der Waals surface area contributed by atoms with E-state index in [0.29, 0.717) is 15.6 Å². The lowest BCUT2D eigenvalue weighted by Gasteiger charge is -2.14. The van der Waals surface area contributed by atoms with Crippen molar-refractivity contribution in [3.05, 3.63) is 97.3 Å². The molecule has 1 heterocycles. The molecular formula is C26H18Cl3NO5S. The van der Waals surface area contributed by atoms with Gasteiger partial charge in [0.05, 0.1) is 28.6 Å². The molecular weight excluding hydrogens is 545 g/mol. The highest BCUT2D eigenvalue weighted by atomic mass is 35.5. The number of thioether (sulfide) groups is 1. The molecule has 0 aromatic heterocycles. The number of hydrogen-bond acceptors (Lipinski definition) is 6. The van der Waals surface area contributed by atoms with Crippen LogP contribution in [-0.4, -0.2) is 28.6 Å². The van der Waals surface area contributed by atoms with Gasteiger partial charge in [0.2, 0.25) is 0 Å². The van der Waals surface area contributed by atoms with Gasteiger partial charge in [-0.3, -0.25) is 14.5 Å². The van der Waals surface area contributed by atoms with E-state index in [1.807, 2.05) is 0 Å². The van der Waals surface area contributed by atoms with Crippen LogP contribution < -0.4 is 9.47 Å². The molecule has 0 unspecified atom stereocenters. The molecule has 10 heteroatoms. The first kappa shape index (κ1) is 26.1. The van der Waals surface area contributed by atoms with E-state index in [0.717, 1.165) is 22.2 Å². The van der Waals surface area contributed by atoms with Gasteiger partial charge in [-0.05, 0) is 84.4 Å². The summed E-state index contributed by atoms with van der Waals surface area (Å²) in [4.78, 5) is 39.4. The predicted octanol–water partition coefficient (Wildman–Crippen LogP) is 7.50. The van der Waals surface area contributed by atoms with E-state index in [-0.39, 0.29) is 40.1 Å². The summed E-state index contributed by atoms with van der Waals surface area (Å²) in [6, 6.07) is 16.3. The minimum atomic E-state index is -0.635. The molecule has 0 saturated carbocycles. The zero-order chi connectivity index (χ0) is 25.8. The second-order valence-corrected chi connectivity index (χ2v) is 9.83. The number of nitrogens with zero attached hydrogens (tertiary/aromatic N) is 1. The van der Waals surface area contributed by atoms with E-state index in [2.05, 4.69) is 0 Å². The highest BCUT2D eigenvalue weighted by Crippen LogP contribution is 2.40. The highest BCUT2D eigenvalue weighted by molar-refractivity contribution is 8.18. The van der Waals surface area contributed by atoms with Gasteiger partial charge in [-0.25, -0.2) is 4.79 Å². The van der Waals surface area contributed by atoms with E-state index in [4.69, 9.17) is 44.3 Å². The summed E-state index contributed by atoms with van der Waals surface area (Å²) >= 11 is 19.2. The van der Waals surface area contributed by atoms with Crippen LogP contribution in [0.25, 0.3) is 6.08 Å². The Hall–Kier alpha value is -2.97. The van der Waals surface area contributed by atoms with Gasteiger partial charge in [0, 0.05) is 10.0 Å². The zero-order valence-electron chi connectivity index (χ0n) is 18.8. The molecule has 6 nitrogen and oxygen atoms in total. The molecule has 36 heavy (non-hydrogen) atoms. The number of ether oxygens (including phenoxy) is 2. The van der Waals surface area contributed by atoms with E-state index >= 15 is 0 Å². The summed E-state index contributed by atoms with van der Waals surface area (Å²) in [6.07, 6.45) is 1.54. The number of carbonyl (C=O) groups excluding carboxylic acids is 3. The number of benzene rings is 3. The Morgan fingerprint density at radius 2 is 1.75 bits per heavy atom. The number of hydrogen-bond donors (Lipinski definition) is 0. The van der Waals surface area contributed by atoms with Crippen molar-refractivity contribution in [1.29, 1.82) is 0 Å². The molecule has 0 bridgehead atoms. The molecule has 3 aromatic carbocycles. The first-order chi connectivity index (χ1) is 17.2. The molecule has 1 aliphatic rings. The monoisotopic (exact) mass is 561 g/mol. The first-order valence-corrected chi connectivity index (χ1v) is 12.6. The third kappa shape index (κ3) is 6.05. The normalized spacial score (nSPS) is 14.4. The minimum Gasteiger partial charge on any atom is -0.490 e. The summed E-state index contributed by atoms with van der Waals surface area (Å²) in [5.41, 5.74) is 1.53. The number of esters is 1. The van der Waals surface area contributed by atoms with Crippen molar-refractivity contribution in [2.45, 2.75) is 13.5 Å². The summed E-state index contributed by atoms with van der Waals surface area (Å²) in [7, 11) is 0. The van der Waals surface area contributed by atoms with Crippen molar-refractivity contribution in [3.8, 4) is 11.5 Å². The van der Waals surface area contributed by atoms with Crippen LogP contribution in [0.5, 0.6) is 11.5 Å². The van der Waals surface area contributed by atoms with Gasteiger partial charge in [0.15, 0.2) is 11.5 Å². The Balaban J connectivity index is 1.58. The van der Waals surface area contributed by atoms with Gasteiger partial charge < -0.3 is 9.47 Å². The average Bonchev–Trinajstić information content (AvgIpc) is 3.09. The molecule has 3 aromatic rings. The molecule has 0 aliphatic carbocycles. The van der Waals surface area contributed by atoms with Gasteiger partial charge in [-0.15, -0.1) is 0 Å². The minimum absolute atomic E-state index is 0.0460. The molecule has 1 saturated heterocycles. The van der Waals surface area contributed by atoms with Gasteiger partial charge in [-0.2, -0.15) is 0 Å². The number of rotatable bonds is 7. The Morgan fingerprint density at radius 1 is 1.00 bits per heavy atom. The van der Waals surface area contributed by atoms with Crippen molar-refractivity contribution in [2.75, 3.05) is 6.61 Å². The molecule has 1 aliphatic heterocycles. The standard InChI is InChI=1S/C26H18Cl3NO5S/c1-2-34-21-12-16(11-20(29)23(21)35-25(32)17-6-8-18(27)9-7-17)13-22-24(31)30(26(33)36-22)14-15-4-3-5-19(28)10-15/h3-13H,2,14H2,1H3/b22-13-. The van der Waals surface area contributed by atoms with Crippen LogP contribution in [0.1, 0.15) is 28.4 Å². The lowest BCUT2D eigenvalue weighted by Crippen LogP contribution is -2.27. The number of imide groups is 1. The van der Waals surface area contributed by atoms with Crippen LogP contribution in [0.2, 0.25) is 15.1 Å². The third-order valence-electron chi connectivity index (χ3n) is 5.01. The molecule has 2 amide bonds. The maximum absolute atomic E-state index is 12.9. The number of carbonyl (C=O) groups is 3. The quantitative estimate of drug-likeness (QED) is 0.169. The fourth-order valence-corrected chi connectivity index (χ4v) is 4.81. The van der Waals surface area contributed by atoms with Crippen molar-refractivity contribution in [1.82, 2.24) is 4.90 Å². The summed E-state index contributed by atoms with van der Waals surface area (Å²) in [5, 5.41) is 0.717. The fourth-order valence-electron chi connectivity index (χ4n) is 3.38. The van der Waals surface area contributed by atoms with Gasteiger partial charge in [0.25, 0.3) is 11.1 Å². The first-order valence-electron chi connectivity index (χ1n) is 10.7. The third-order valence-corrected chi connectivity index (χ3v) is 6.68. The van der Waals surface area contributed by atoms with Crippen LogP contribution in [0.3, 0.4) is 0 Å². The van der Waals surface area contributed by atoms with Crippen LogP contribution in [0.15, 0.2) is 65.6 Å². The summed E-state index contributed by atoms with van der Waals surface area (Å²) in [5.74, 6) is -0.803. The van der Waals surface area contributed by atoms with Crippen molar-refractivity contribution < 1.29 is 23.9 Å². The van der Waals surface area contributed by atoms with E-state index < -0.39 is 17.1 Å². The fraction of sp³-hybridized carbons (Fsp3) is 0.115. The van der Waals surface area contributed by atoms with Crippen molar-refractivity contribution >= 4 is 69.8 Å².